The number of piperazine rings is 1. The van der Waals surface area contributed by atoms with Gasteiger partial charge in [-0.2, -0.15) is 4.31 Å². The fourth-order valence-electron chi connectivity index (χ4n) is 2.26. The molecule has 6 nitrogen and oxygen atoms in total. The van der Waals surface area contributed by atoms with Crippen LogP contribution in [0, 0.1) is 5.41 Å². The SMILES string of the molecule is CS(=O)(=O)N1CCN(c2ccc(Cl)cc2C(=N)N)CC1. The van der Waals surface area contributed by atoms with Crippen molar-refractivity contribution in [2.45, 2.75) is 0 Å². The zero-order chi connectivity index (χ0) is 14.9. The first-order chi connectivity index (χ1) is 9.29. The second kappa shape index (κ2) is 5.59. The van der Waals surface area contributed by atoms with E-state index < -0.39 is 10.0 Å². The Morgan fingerprint density at radius 2 is 1.90 bits per heavy atom. The fraction of sp³-hybridized carbons (Fsp3) is 0.417. The fourth-order valence-corrected chi connectivity index (χ4v) is 3.26. The molecule has 8 heteroatoms. The molecule has 0 saturated carbocycles. The van der Waals surface area contributed by atoms with Crippen LogP contribution in [0.1, 0.15) is 5.56 Å². The smallest absolute Gasteiger partial charge is 0.211 e. The second-order valence-electron chi connectivity index (χ2n) is 4.72. The Bertz CT molecular complexity index is 624. The molecule has 1 aromatic rings. The predicted molar refractivity (Wildman–Crippen MR) is 81.1 cm³/mol. The largest absolute Gasteiger partial charge is 0.384 e. The molecule has 0 aromatic heterocycles. The molecule has 1 aromatic carbocycles. The van der Waals surface area contributed by atoms with E-state index in [2.05, 4.69) is 0 Å². The lowest BCUT2D eigenvalue weighted by Gasteiger charge is -2.35. The normalized spacial score (nSPS) is 17.2. The highest BCUT2D eigenvalue weighted by Crippen LogP contribution is 2.25. The van der Waals surface area contributed by atoms with E-state index in [0.29, 0.717) is 36.8 Å². The number of rotatable bonds is 3. The van der Waals surface area contributed by atoms with Gasteiger partial charge in [-0.15, -0.1) is 0 Å². The minimum atomic E-state index is -3.15. The van der Waals surface area contributed by atoms with Crippen molar-refractivity contribution < 1.29 is 8.42 Å². The lowest BCUT2D eigenvalue weighted by atomic mass is 10.1. The van der Waals surface area contributed by atoms with E-state index in [1.165, 1.54) is 10.6 Å². The molecule has 1 aliphatic heterocycles. The van der Waals surface area contributed by atoms with Crippen molar-refractivity contribution in [1.29, 1.82) is 5.41 Å². The van der Waals surface area contributed by atoms with Crippen LogP contribution in [0.5, 0.6) is 0 Å². The summed E-state index contributed by atoms with van der Waals surface area (Å²) in [4.78, 5) is 2.02. The molecule has 3 N–H and O–H groups in total. The van der Waals surface area contributed by atoms with E-state index in [1.54, 1.807) is 12.1 Å². The molecule has 0 radical (unpaired) electrons. The molecule has 0 aliphatic carbocycles. The van der Waals surface area contributed by atoms with Gasteiger partial charge in [-0.05, 0) is 18.2 Å². The van der Waals surface area contributed by atoms with E-state index in [0.717, 1.165) is 5.69 Å². The molecule has 1 heterocycles. The quantitative estimate of drug-likeness (QED) is 0.634. The summed E-state index contributed by atoms with van der Waals surface area (Å²) in [7, 11) is -3.15. The summed E-state index contributed by atoms with van der Waals surface area (Å²) in [6, 6.07) is 5.21. The summed E-state index contributed by atoms with van der Waals surface area (Å²) < 4.78 is 24.4. The van der Waals surface area contributed by atoms with Crippen LogP contribution in [0.4, 0.5) is 5.69 Å². The molecule has 0 spiro atoms. The predicted octanol–water partition coefficient (Wildman–Crippen LogP) is 0.706. The molecule has 1 fully saturated rings. The number of anilines is 1. The van der Waals surface area contributed by atoms with E-state index in [-0.39, 0.29) is 5.84 Å². The van der Waals surface area contributed by atoms with Crippen LogP contribution in [0.3, 0.4) is 0 Å². The van der Waals surface area contributed by atoms with E-state index in [1.807, 2.05) is 11.0 Å². The van der Waals surface area contributed by atoms with Crippen LogP contribution >= 0.6 is 11.6 Å². The molecule has 0 amide bonds. The Balaban J connectivity index is 2.21. The van der Waals surface area contributed by atoms with Crippen molar-refractivity contribution in [3.63, 3.8) is 0 Å². The number of nitrogen functional groups attached to an aromatic ring is 1. The van der Waals surface area contributed by atoms with Crippen LogP contribution in [-0.2, 0) is 10.0 Å². The highest BCUT2D eigenvalue weighted by atomic mass is 35.5. The summed E-state index contributed by atoms with van der Waals surface area (Å²) in [6.07, 6.45) is 1.21. The van der Waals surface area contributed by atoms with Crippen LogP contribution in [0.15, 0.2) is 18.2 Å². The maximum Gasteiger partial charge on any atom is 0.211 e. The molecule has 1 saturated heterocycles. The van der Waals surface area contributed by atoms with Gasteiger partial charge in [0.25, 0.3) is 0 Å². The number of amidine groups is 1. The lowest BCUT2D eigenvalue weighted by molar-refractivity contribution is 0.388. The number of hydrogen-bond acceptors (Lipinski definition) is 4. The second-order valence-corrected chi connectivity index (χ2v) is 7.14. The van der Waals surface area contributed by atoms with Crippen LogP contribution in [-0.4, -0.2) is 51.0 Å². The Kier molecular flexibility index (Phi) is 4.22. The number of benzene rings is 1. The first-order valence-corrected chi connectivity index (χ1v) is 8.35. The summed E-state index contributed by atoms with van der Waals surface area (Å²) in [5.41, 5.74) is 6.97. The minimum absolute atomic E-state index is 0.0481. The van der Waals surface area contributed by atoms with Gasteiger partial charge < -0.3 is 10.6 Å². The highest BCUT2D eigenvalue weighted by Gasteiger charge is 2.24. The summed E-state index contributed by atoms with van der Waals surface area (Å²) >= 11 is 5.92. The molecule has 20 heavy (non-hydrogen) atoms. The van der Waals surface area contributed by atoms with E-state index >= 15 is 0 Å². The first-order valence-electron chi connectivity index (χ1n) is 6.13. The number of halogens is 1. The standard InChI is InChI=1S/C12H17ClN4O2S/c1-20(18,19)17-6-4-16(5-7-17)11-3-2-9(13)8-10(11)12(14)15/h2-3,8H,4-7H2,1H3,(H3,14,15). The summed E-state index contributed by atoms with van der Waals surface area (Å²) in [6.45, 7) is 1.99. The molecular weight excluding hydrogens is 300 g/mol. The van der Waals surface area contributed by atoms with Gasteiger partial charge in [0, 0.05) is 42.5 Å². The average Bonchev–Trinajstić information content (AvgIpc) is 2.37. The van der Waals surface area contributed by atoms with Crippen molar-refractivity contribution in [3.8, 4) is 0 Å². The number of sulfonamides is 1. The third-order valence-electron chi connectivity index (χ3n) is 3.30. The maximum absolute atomic E-state index is 11.5. The number of nitrogens with two attached hydrogens (primary N) is 1. The molecule has 0 atom stereocenters. The number of nitrogens with one attached hydrogen (secondary N) is 1. The van der Waals surface area contributed by atoms with Crippen molar-refractivity contribution in [2.24, 2.45) is 5.73 Å². The Labute approximate surface area is 123 Å². The van der Waals surface area contributed by atoms with Crippen molar-refractivity contribution in [2.75, 3.05) is 37.3 Å². The third-order valence-corrected chi connectivity index (χ3v) is 4.84. The van der Waals surface area contributed by atoms with Crippen molar-refractivity contribution in [3.05, 3.63) is 28.8 Å². The molecule has 1 aliphatic rings. The zero-order valence-corrected chi connectivity index (χ0v) is 12.7. The Morgan fingerprint density at radius 3 is 2.40 bits per heavy atom. The van der Waals surface area contributed by atoms with Crippen molar-refractivity contribution >= 4 is 33.1 Å². The third kappa shape index (κ3) is 3.23. The molecular formula is C12H17ClN4O2S. The highest BCUT2D eigenvalue weighted by molar-refractivity contribution is 7.88. The Hall–Kier alpha value is -1.31. The van der Waals surface area contributed by atoms with Gasteiger partial charge in [-0.3, -0.25) is 5.41 Å². The maximum atomic E-state index is 11.5. The van der Waals surface area contributed by atoms with Gasteiger partial charge in [-0.1, -0.05) is 11.6 Å². The van der Waals surface area contributed by atoms with Gasteiger partial charge in [-0.25, -0.2) is 8.42 Å². The topological polar surface area (TPSA) is 90.5 Å². The van der Waals surface area contributed by atoms with Gasteiger partial charge in [0.2, 0.25) is 10.0 Å². The molecule has 110 valence electrons. The monoisotopic (exact) mass is 316 g/mol. The van der Waals surface area contributed by atoms with Crippen LogP contribution < -0.4 is 10.6 Å². The summed E-state index contributed by atoms with van der Waals surface area (Å²) in [5, 5.41) is 8.14. The van der Waals surface area contributed by atoms with Gasteiger partial charge in [0.1, 0.15) is 5.84 Å². The van der Waals surface area contributed by atoms with E-state index in [9.17, 15) is 8.42 Å². The zero-order valence-electron chi connectivity index (χ0n) is 11.1. The number of nitrogens with zero attached hydrogens (tertiary/aromatic N) is 2. The number of hydrogen-bond donors (Lipinski definition) is 2. The van der Waals surface area contributed by atoms with Gasteiger partial charge in [0.15, 0.2) is 0 Å². The van der Waals surface area contributed by atoms with Crippen molar-refractivity contribution in [1.82, 2.24) is 4.31 Å². The molecule has 2 rings (SSSR count). The lowest BCUT2D eigenvalue weighted by Crippen LogP contribution is -2.48. The van der Waals surface area contributed by atoms with E-state index in [4.69, 9.17) is 22.7 Å². The summed E-state index contributed by atoms with van der Waals surface area (Å²) in [5.74, 6) is -0.0481. The van der Waals surface area contributed by atoms with Crippen LogP contribution in [0.25, 0.3) is 0 Å². The first kappa shape index (κ1) is 15.1. The average molecular weight is 317 g/mol. The molecule has 0 bridgehead atoms. The van der Waals surface area contributed by atoms with Crippen LogP contribution in [0.2, 0.25) is 5.02 Å². The molecule has 0 unspecified atom stereocenters. The Morgan fingerprint density at radius 1 is 1.30 bits per heavy atom. The minimum Gasteiger partial charge on any atom is -0.384 e. The van der Waals surface area contributed by atoms with Gasteiger partial charge >= 0.3 is 0 Å². The van der Waals surface area contributed by atoms with Gasteiger partial charge in [0.05, 0.1) is 6.26 Å².